The first-order valence-corrected chi connectivity index (χ1v) is 12.2. The van der Waals surface area contributed by atoms with Gasteiger partial charge in [0.25, 0.3) is 0 Å². The lowest BCUT2D eigenvalue weighted by Gasteiger charge is -2.12. The van der Waals surface area contributed by atoms with Crippen molar-refractivity contribution in [2.45, 2.75) is 42.3 Å². The fourth-order valence-corrected chi connectivity index (χ4v) is 5.71. The van der Waals surface area contributed by atoms with E-state index in [0.29, 0.717) is 21.2 Å². The Morgan fingerprint density at radius 2 is 1.89 bits per heavy atom. The van der Waals surface area contributed by atoms with Crippen LogP contribution in [0.5, 0.6) is 0 Å². The van der Waals surface area contributed by atoms with Crippen molar-refractivity contribution in [3.8, 4) is 5.13 Å². The van der Waals surface area contributed by atoms with E-state index in [1.54, 1.807) is 6.92 Å². The molecule has 2 aromatic heterocycles. The minimum Gasteiger partial charge on any atom is -0.257 e. The molecule has 2 heterocycles. The van der Waals surface area contributed by atoms with Gasteiger partial charge in [0, 0.05) is 11.8 Å². The van der Waals surface area contributed by atoms with Gasteiger partial charge in [0.15, 0.2) is 0 Å². The highest BCUT2D eigenvalue weighted by Crippen LogP contribution is 2.36. The summed E-state index contributed by atoms with van der Waals surface area (Å²) in [7, 11) is -7.42. The molecule has 1 aliphatic carbocycles. The number of benzene rings is 1. The van der Waals surface area contributed by atoms with E-state index in [-0.39, 0.29) is 10.1 Å². The predicted octanol–water partition coefficient (Wildman–Crippen LogP) is 1.42. The van der Waals surface area contributed by atoms with Crippen molar-refractivity contribution in [2.75, 3.05) is 6.26 Å². The predicted molar refractivity (Wildman–Crippen MR) is 100 cm³/mol. The molecule has 12 heteroatoms. The number of sulfone groups is 1. The van der Waals surface area contributed by atoms with E-state index >= 15 is 0 Å². The first kappa shape index (κ1) is 18.5. The van der Waals surface area contributed by atoms with Crippen molar-refractivity contribution in [1.29, 1.82) is 0 Å². The number of fused-ring (bicyclic) bond motifs is 1. The van der Waals surface area contributed by atoms with Crippen molar-refractivity contribution in [1.82, 2.24) is 24.5 Å². The Kier molecular flexibility index (Phi) is 3.97. The molecule has 1 aliphatic rings. The number of nitrogens with one attached hydrogen (secondary N) is 1. The third-order valence-corrected chi connectivity index (χ3v) is 7.72. The maximum atomic E-state index is 12.7. The summed E-state index contributed by atoms with van der Waals surface area (Å²) in [5.74, 6) is 0. The molecule has 0 bridgehead atoms. The van der Waals surface area contributed by atoms with E-state index in [0.717, 1.165) is 19.1 Å². The second-order valence-corrected chi connectivity index (χ2v) is 11.7. The van der Waals surface area contributed by atoms with Crippen LogP contribution in [0, 0.1) is 6.92 Å². The van der Waals surface area contributed by atoms with E-state index in [1.807, 2.05) is 6.92 Å². The van der Waals surface area contributed by atoms with Gasteiger partial charge in [-0.15, -0.1) is 10.2 Å². The number of hydrogen-bond acceptors (Lipinski definition) is 8. The number of aromatic nitrogens is 4. The van der Waals surface area contributed by atoms with Crippen LogP contribution in [0.1, 0.15) is 24.8 Å². The number of sulfonamides is 1. The third kappa shape index (κ3) is 3.37. The van der Waals surface area contributed by atoms with Crippen molar-refractivity contribution in [2.24, 2.45) is 0 Å². The molecule has 0 radical (unpaired) electrons. The van der Waals surface area contributed by atoms with Crippen molar-refractivity contribution in [3.63, 3.8) is 0 Å². The average molecular weight is 428 g/mol. The number of aryl methyl sites for hydroxylation is 1. The maximum absolute atomic E-state index is 12.7. The number of imidazole rings is 1. The van der Waals surface area contributed by atoms with Crippen molar-refractivity contribution >= 4 is 42.2 Å². The van der Waals surface area contributed by atoms with Crippen LogP contribution in [0.15, 0.2) is 28.3 Å². The van der Waals surface area contributed by atoms with Crippen molar-refractivity contribution in [3.05, 3.63) is 23.2 Å². The molecule has 0 atom stereocenters. The smallest absolute Gasteiger partial charge is 0.241 e. The summed E-state index contributed by atoms with van der Waals surface area (Å²) in [6.45, 7) is 3.59. The van der Waals surface area contributed by atoms with Gasteiger partial charge >= 0.3 is 0 Å². The van der Waals surface area contributed by atoms with Gasteiger partial charge < -0.3 is 0 Å². The summed E-state index contributed by atoms with van der Waals surface area (Å²) in [4.78, 5) is 4.23. The molecule has 1 fully saturated rings. The number of rotatable bonds is 5. The van der Waals surface area contributed by atoms with Gasteiger partial charge in [-0.05, 0) is 44.9 Å². The van der Waals surface area contributed by atoms with Crippen LogP contribution in [0.4, 0.5) is 0 Å². The Bertz CT molecular complexity index is 1270. The lowest BCUT2D eigenvalue weighted by Crippen LogP contribution is -2.34. The molecule has 3 aromatic rings. The van der Waals surface area contributed by atoms with E-state index < -0.39 is 25.4 Å². The zero-order chi connectivity index (χ0) is 19.6. The lowest BCUT2D eigenvalue weighted by atomic mass is 10.3. The van der Waals surface area contributed by atoms with Crippen LogP contribution in [0.25, 0.3) is 16.2 Å². The molecule has 1 aromatic carbocycles. The monoisotopic (exact) mass is 427 g/mol. The van der Waals surface area contributed by atoms with Gasteiger partial charge in [0.1, 0.15) is 5.01 Å². The van der Waals surface area contributed by atoms with E-state index in [2.05, 4.69) is 19.9 Å². The fourth-order valence-electron chi connectivity index (χ4n) is 2.68. The lowest BCUT2D eigenvalue weighted by molar-refractivity contribution is 0.558. The molecule has 4 rings (SSSR count). The highest BCUT2D eigenvalue weighted by atomic mass is 32.2. The fraction of sp³-hybridized carbons (Fsp3) is 0.400. The molecule has 0 unspecified atom stereocenters. The minimum absolute atomic E-state index is 0.0468. The summed E-state index contributed by atoms with van der Waals surface area (Å²) >= 11 is 1.20. The Hall–Kier alpha value is -1.89. The van der Waals surface area contributed by atoms with Gasteiger partial charge in [-0.2, -0.15) is 0 Å². The largest absolute Gasteiger partial charge is 0.257 e. The third-order valence-electron chi connectivity index (χ3n) is 4.32. The maximum Gasteiger partial charge on any atom is 0.241 e. The van der Waals surface area contributed by atoms with Crippen LogP contribution in [-0.2, 0) is 19.9 Å². The summed E-state index contributed by atoms with van der Waals surface area (Å²) in [5, 5.41) is 8.69. The summed E-state index contributed by atoms with van der Waals surface area (Å²) in [5.41, 5.74) is 0.290. The number of hydrogen-bond donors (Lipinski definition) is 1. The molecule has 0 amide bonds. The summed E-state index contributed by atoms with van der Waals surface area (Å²) < 4.78 is 53.9. The molecule has 9 nitrogen and oxygen atoms in total. The van der Waals surface area contributed by atoms with Gasteiger partial charge in [0.05, 0.1) is 15.9 Å². The van der Waals surface area contributed by atoms with Gasteiger partial charge in [0.2, 0.25) is 30.1 Å². The van der Waals surface area contributed by atoms with Gasteiger partial charge in [-0.3, -0.25) is 4.57 Å². The second kappa shape index (κ2) is 5.80. The molecule has 1 saturated carbocycles. The molecule has 0 saturated heterocycles. The molecule has 144 valence electrons. The topological polar surface area (TPSA) is 124 Å². The van der Waals surface area contributed by atoms with Crippen LogP contribution >= 0.6 is 11.3 Å². The first-order valence-electron chi connectivity index (χ1n) is 8.06. The molecular formula is C15H17N5O4S3. The van der Waals surface area contributed by atoms with E-state index in [4.69, 9.17) is 0 Å². The number of nitrogens with zero attached hydrogens (tertiary/aromatic N) is 4. The van der Waals surface area contributed by atoms with E-state index in [1.165, 1.54) is 34.1 Å². The first-order chi connectivity index (χ1) is 12.5. The molecule has 1 N–H and O–H groups in total. The second-order valence-electron chi connectivity index (χ2n) is 6.92. The van der Waals surface area contributed by atoms with Crippen molar-refractivity contribution < 1.29 is 16.8 Å². The highest BCUT2D eigenvalue weighted by Gasteiger charge is 2.41. The molecule has 0 aliphatic heterocycles. The van der Waals surface area contributed by atoms with E-state index in [9.17, 15) is 16.8 Å². The van der Waals surface area contributed by atoms with Gasteiger partial charge in [-0.1, -0.05) is 11.3 Å². The molecule has 0 spiro atoms. The quantitative estimate of drug-likeness (QED) is 0.653. The van der Waals surface area contributed by atoms with Gasteiger partial charge in [-0.25, -0.2) is 26.5 Å². The zero-order valence-electron chi connectivity index (χ0n) is 14.8. The Labute approximate surface area is 160 Å². The standard InChI is InChI=1S/C15H17N5O4S3/c1-9-17-18-13(25-9)20-12-8-10(27(23,24)19-15(2)6-7-15)4-5-11(12)16-14(20)26(3,21)22/h4-5,8,19H,6-7H2,1-3H3. The minimum atomic E-state index is -3.74. The molecular weight excluding hydrogens is 410 g/mol. The Morgan fingerprint density at radius 1 is 1.19 bits per heavy atom. The summed E-state index contributed by atoms with van der Waals surface area (Å²) in [6.07, 6.45) is 2.62. The van der Waals surface area contributed by atoms with Crippen LogP contribution in [0.2, 0.25) is 0 Å². The SMILES string of the molecule is Cc1nnc(-n2c(S(C)(=O)=O)nc3ccc(S(=O)(=O)NC4(C)CC4)cc32)s1. The summed E-state index contributed by atoms with van der Waals surface area (Å²) in [6, 6.07) is 4.34. The molecule has 27 heavy (non-hydrogen) atoms. The average Bonchev–Trinajstić information content (AvgIpc) is 2.96. The Balaban J connectivity index is 1.95. The normalized spacial score (nSPS) is 16.7. The zero-order valence-corrected chi connectivity index (χ0v) is 17.2. The highest BCUT2D eigenvalue weighted by molar-refractivity contribution is 7.90. The van der Waals surface area contributed by atoms with Crippen LogP contribution in [-0.4, -0.2) is 48.4 Å². The van der Waals surface area contributed by atoms with Crippen LogP contribution < -0.4 is 4.72 Å². The van der Waals surface area contributed by atoms with Crippen LogP contribution in [0.3, 0.4) is 0 Å². The Morgan fingerprint density at radius 3 is 2.44 bits per heavy atom.